The number of carbonyl (C=O) groups is 1. The fourth-order valence-corrected chi connectivity index (χ4v) is 15.7. The van der Waals surface area contributed by atoms with Crippen LogP contribution in [0.15, 0.2) is 22.9 Å². The average Bonchev–Trinajstić information content (AvgIpc) is 3.14. The lowest BCUT2D eigenvalue weighted by atomic mass is 9.71. The molecule has 2 aromatic rings. The van der Waals surface area contributed by atoms with E-state index in [1.54, 1.807) is 33.9 Å². The molecule has 2 aromatic heterocycles. The lowest BCUT2D eigenvalue weighted by Gasteiger charge is -2.48. The zero-order valence-electron chi connectivity index (χ0n) is 25.1. The minimum Gasteiger partial charge on any atom is -0.443 e. The third-order valence-corrected chi connectivity index (χ3v) is 17.5. The fourth-order valence-electron chi connectivity index (χ4n) is 6.92. The van der Waals surface area contributed by atoms with Gasteiger partial charge in [0.05, 0.1) is 17.4 Å². The number of aromatic nitrogens is 2. The van der Waals surface area contributed by atoms with Crippen LogP contribution in [-0.4, -0.2) is 58.8 Å². The summed E-state index contributed by atoms with van der Waals surface area (Å²) in [6.07, 6.45) is 3.50. The smallest absolute Gasteiger partial charge is 0.424 e. The summed E-state index contributed by atoms with van der Waals surface area (Å²) in [6.45, 7) is 20.6. The molecular formula is C28H46BrN3O5SSi. The van der Waals surface area contributed by atoms with E-state index in [0.717, 1.165) is 15.3 Å². The number of pyridine rings is 1. The van der Waals surface area contributed by atoms with E-state index in [1.807, 2.05) is 6.07 Å². The zero-order valence-corrected chi connectivity index (χ0v) is 28.5. The molecule has 0 radical (unpaired) electrons. The number of rotatable bonds is 9. The Morgan fingerprint density at radius 3 is 2.21 bits per heavy atom. The quantitative estimate of drug-likeness (QED) is 0.291. The second-order valence-electron chi connectivity index (χ2n) is 12.9. The maximum atomic E-state index is 13.1. The molecule has 1 N–H and O–H groups in total. The minimum absolute atomic E-state index is 0.0825. The van der Waals surface area contributed by atoms with Crippen molar-refractivity contribution in [2.75, 3.05) is 5.75 Å². The normalized spacial score (nSPS) is 20.6. The van der Waals surface area contributed by atoms with Gasteiger partial charge in [0.2, 0.25) is 10.0 Å². The van der Waals surface area contributed by atoms with Gasteiger partial charge in [-0.2, -0.15) is 0 Å². The predicted molar refractivity (Wildman–Crippen MR) is 163 cm³/mol. The van der Waals surface area contributed by atoms with Crippen molar-refractivity contribution in [3.05, 3.63) is 28.5 Å². The first-order valence-electron chi connectivity index (χ1n) is 14.0. The fraction of sp³-hybridized carbons (Fsp3) is 0.714. The van der Waals surface area contributed by atoms with Gasteiger partial charge in [0.25, 0.3) is 0 Å². The Balaban J connectivity index is 2.08. The van der Waals surface area contributed by atoms with Crippen molar-refractivity contribution >= 4 is 51.3 Å². The lowest BCUT2D eigenvalue weighted by molar-refractivity contribution is -0.0806. The highest BCUT2D eigenvalue weighted by Crippen LogP contribution is 2.51. The summed E-state index contributed by atoms with van der Waals surface area (Å²) >= 11 is 3.62. The number of amides is 1. The largest absolute Gasteiger partial charge is 0.443 e. The summed E-state index contributed by atoms with van der Waals surface area (Å²) in [5.41, 5.74) is 0.753. The van der Waals surface area contributed by atoms with Crippen molar-refractivity contribution < 1.29 is 23.1 Å². The van der Waals surface area contributed by atoms with Crippen LogP contribution in [0, 0.1) is 0 Å². The van der Waals surface area contributed by atoms with Crippen LogP contribution in [0.1, 0.15) is 94.1 Å². The molecule has 0 saturated heterocycles. The number of carbonyl (C=O) groups excluding carboxylic acids is 1. The van der Waals surface area contributed by atoms with Crippen molar-refractivity contribution in [1.82, 2.24) is 13.5 Å². The van der Waals surface area contributed by atoms with Gasteiger partial charge in [-0.25, -0.2) is 22.5 Å². The molecule has 1 aliphatic rings. The highest BCUT2D eigenvalue weighted by Gasteiger charge is 2.54. The van der Waals surface area contributed by atoms with Gasteiger partial charge in [0.15, 0.2) is 8.24 Å². The first kappa shape index (κ1) is 32.1. The second kappa shape index (κ2) is 11.1. The van der Waals surface area contributed by atoms with Crippen LogP contribution in [0.5, 0.6) is 0 Å². The number of hydrogen-bond donors (Lipinski definition) is 1. The molecule has 39 heavy (non-hydrogen) atoms. The first-order chi connectivity index (χ1) is 17.8. The Hall–Kier alpha value is -1.43. The molecule has 2 heterocycles. The molecule has 0 atom stereocenters. The maximum Gasteiger partial charge on any atom is 0.424 e. The van der Waals surface area contributed by atoms with E-state index in [2.05, 4.69) is 67.9 Å². The number of aliphatic hydroxyl groups is 1. The van der Waals surface area contributed by atoms with Gasteiger partial charge in [-0.15, -0.1) is 0 Å². The summed E-state index contributed by atoms with van der Waals surface area (Å²) in [5.74, 6) is -0.167. The standard InChI is InChI=1S/C28H46BrN3O5SSi/c1-11-14-38(35,36)32(26(33)37-27(8,9)10)21-15-28(34,16-21)24-22-12-13-31(25(22)30-17-23(24)29)39(18(2)3,19(4)5)20(6)7/h12-13,17-21,34H,11,14-16H2,1-10H3. The summed E-state index contributed by atoms with van der Waals surface area (Å²) in [7, 11) is -6.01. The van der Waals surface area contributed by atoms with E-state index in [-0.39, 0.29) is 18.6 Å². The van der Waals surface area contributed by atoms with Crippen LogP contribution in [0.2, 0.25) is 16.6 Å². The van der Waals surface area contributed by atoms with Gasteiger partial charge < -0.3 is 14.1 Å². The van der Waals surface area contributed by atoms with Crippen LogP contribution in [0.25, 0.3) is 11.0 Å². The molecular weight excluding hydrogens is 598 g/mol. The number of halogens is 1. The Morgan fingerprint density at radius 2 is 1.74 bits per heavy atom. The number of sulfonamides is 1. The number of nitrogens with zero attached hydrogens (tertiary/aromatic N) is 3. The first-order valence-corrected chi connectivity index (χ1v) is 18.6. The highest BCUT2D eigenvalue weighted by molar-refractivity contribution is 9.10. The number of hydrogen-bond acceptors (Lipinski definition) is 6. The number of fused-ring (bicyclic) bond motifs is 1. The summed E-state index contributed by atoms with van der Waals surface area (Å²) in [5, 5.41) is 12.8. The predicted octanol–water partition coefficient (Wildman–Crippen LogP) is 7.15. The van der Waals surface area contributed by atoms with Gasteiger partial charge >= 0.3 is 6.09 Å². The van der Waals surface area contributed by atoms with Gasteiger partial charge in [-0.3, -0.25) is 0 Å². The van der Waals surface area contributed by atoms with Crippen molar-refractivity contribution in [3.63, 3.8) is 0 Å². The highest BCUT2D eigenvalue weighted by atomic mass is 79.9. The zero-order chi connectivity index (χ0) is 29.7. The Kier molecular flexibility index (Phi) is 9.13. The van der Waals surface area contributed by atoms with E-state index < -0.39 is 41.6 Å². The van der Waals surface area contributed by atoms with Gasteiger partial charge in [0, 0.05) is 34.5 Å². The van der Waals surface area contributed by atoms with Crippen molar-refractivity contribution in [2.45, 2.75) is 122 Å². The molecule has 1 fully saturated rings. The molecule has 1 saturated carbocycles. The van der Waals surface area contributed by atoms with E-state index in [1.165, 1.54) is 0 Å². The third kappa shape index (κ3) is 5.70. The topological polar surface area (TPSA) is 102 Å². The molecule has 1 amide bonds. The molecule has 11 heteroatoms. The molecule has 3 rings (SSSR count). The van der Waals surface area contributed by atoms with Gasteiger partial charge in [-0.1, -0.05) is 48.5 Å². The molecule has 0 unspecified atom stereocenters. The minimum atomic E-state index is -3.91. The van der Waals surface area contributed by atoms with Crippen LogP contribution in [0.3, 0.4) is 0 Å². The van der Waals surface area contributed by atoms with E-state index >= 15 is 0 Å². The van der Waals surface area contributed by atoms with E-state index in [4.69, 9.17) is 9.72 Å². The third-order valence-electron chi connectivity index (χ3n) is 8.14. The van der Waals surface area contributed by atoms with Gasteiger partial charge in [-0.05, 0) is 72.0 Å². The molecule has 220 valence electrons. The molecule has 1 aliphatic carbocycles. The Labute approximate surface area is 243 Å². The molecule has 0 aliphatic heterocycles. The van der Waals surface area contributed by atoms with Crippen molar-refractivity contribution in [3.8, 4) is 0 Å². The molecule has 0 aromatic carbocycles. The maximum absolute atomic E-state index is 13.1. The van der Waals surface area contributed by atoms with E-state index in [0.29, 0.717) is 33.1 Å². The van der Waals surface area contributed by atoms with Crippen LogP contribution in [-0.2, 0) is 20.4 Å². The van der Waals surface area contributed by atoms with Crippen LogP contribution >= 0.6 is 15.9 Å². The van der Waals surface area contributed by atoms with Crippen molar-refractivity contribution in [2.24, 2.45) is 0 Å². The molecule has 0 spiro atoms. The lowest BCUT2D eigenvalue weighted by Crippen LogP contribution is -2.58. The average molecular weight is 645 g/mol. The van der Waals surface area contributed by atoms with Crippen LogP contribution in [0.4, 0.5) is 4.79 Å². The Morgan fingerprint density at radius 1 is 1.21 bits per heavy atom. The number of ether oxygens (including phenoxy) is 1. The van der Waals surface area contributed by atoms with Gasteiger partial charge in [0.1, 0.15) is 11.2 Å². The molecule has 0 bridgehead atoms. The molecule has 8 nitrogen and oxygen atoms in total. The van der Waals surface area contributed by atoms with Crippen molar-refractivity contribution in [1.29, 1.82) is 0 Å². The summed E-state index contributed by atoms with van der Waals surface area (Å²) in [4.78, 5) is 17.9. The van der Waals surface area contributed by atoms with Crippen LogP contribution < -0.4 is 0 Å². The summed E-state index contributed by atoms with van der Waals surface area (Å²) in [6, 6.07) is 1.33. The van der Waals surface area contributed by atoms with E-state index in [9.17, 15) is 18.3 Å². The SMILES string of the molecule is CCCS(=O)(=O)N(C(=O)OC(C)(C)C)C1CC(O)(c2c(Br)cnc3c2ccn3[Si](C(C)C)(C(C)C)C(C)C)C1. The second-order valence-corrected chi connectivity index (χ2v) is 21.5. The Bertz CT molecular complexity index is 1290. The monoisotopic (exact) mass is 643 g/mol. The summed E-state index contributed by atoms with van der Waals surface area (Å²) < 4.78 is 35.7.